The summed E-state index contributed by atoms with van der Waals surface area (Å²) in [5.41, 5.74) is 0. The second-order valence-corrected chi connectivity index (χ2v) is 30.1. The van der Waals surface area contributed by atoms with Crippen molar-refractivity contribution in [2.45, 2.75) is 38.2 Å². The second kappa shape index (κ2) is 8.19. The summed E-state index contributed by atoms with van der Waals surface area (Å²) in [6.45, 7) is 4.83. The fourth-order valence-electron chi connectivity index (χ4n) is 3.44. The maximum atomic E-state index is 2.60. The molecule has 0 amide bonds. The zero-order chi connectivity index (χ0) is 12.5. The van der Waals surface area contributed by atoms with Gasteiger partial charge in [0.15, 0.2) is 0 Å². The fourth-order valence-corrected chi connectivity index (χ4v) is 35.0. The van der Waals surface area contributed by atoms with Gasteiger partial charge in [-0.1, -0.05) is 0 Å². The summed E-state index contributed by atoms with van der Waals surface area (Å²) in [4.78, 5) is 0. The van der Waals surface area contributed by atoms with Gasteiger partial charge < -0.3 is 0 Å². The van der Waals surface area contributed by atoms with E-state index < -0.39 is 24.3 Å². The van der Waals surface area contributed by atoms with Gasteiger partial charge in [0.25, 0.3) is 0 Å². The smallest absolute Gasteiger partial charge is 0.147 e. The van der Waals surface area contributed by atoms with E-state index >= 15 is 0 Å². The van der Waals surface area contributed by atoms with Crippen LogP contribution in [0.2, 0.25) is 11.5 Å². The van der Waals surface area contributed by atoms with E-state index in [0.717, 1.165) is 0 Å². The van der Waals surface area contributed by atoms with Crippen LogP contribution in [0, 0.1) is 0 Å². The Balaban J connectivity index is 0.00000162. The summed E-state index contributed by atoms with van der Waals surface area (Å²) >= 11 is -2.01. The summed E-state index contributed by atoms with van der Waals surface area (Å²) in [6.07, 6.45) is 16.6. The Morgan fingerprint density at radius 3 is 1.58 bits per heavy atom. The molecule has 0 N–H and O–H groups in total. The van der Waals surface area contributed by atoms with Gasteiger partial charge in [-0.25, -0.2) is 0 Å². The van der Waals surface area contributed by atoms with Crippen molar-refractivity contribution in [2.24, 2.45) is 0 Å². The van der Waals surface area contributed by atoms with Crippen molar-refractivity contribution in [1.82, 2.24) is 0 Å². The molecule has 2 rings (SSSR count). The molecule has 0 spiro atoms. The summed E-state index contributed by atoms with van der Waals surface area (Å²) in [5, 5.41) is 0. The van der Waals surface area contributed by atoms with Crippen LogP contribution in [0.5, 0.6) is 0 Å². The maximum absolute atomic E-state index is 2.60. The van der Waals surface area contributed by atoms with E-state index in [0.29, 0.717) is 0 Å². The van der Waals surface area contributed by atoms with E-state index in [4.69, 9.17) is 0 Å². The molecule has 0 nitrogen and oxygen atoms in total. The normalized spacial score (nSPS) is 15.6. The van der Waals surface area contributed by atoms with Gasteiger partial charge in [0.1, 0.15) is 0 Å². The van der Waals surface area contributed by atoms with E-state index in [1.807, 2.05) is 7.76 Å². The van der Waals surface area contributed by atoms with Crippen molar-refractivity contribution < 1.29 is 13.3 Å². The van der Waals surface area contributed by atoms with Gasteiger partial charge in [0.2, 0.25) is 0 Å². The Morgan fingerprint density at radius 1 is 0.947 bits per heavy atom. The van der Waals surface area contributed by atoms with Crippen LogP contribution in [0.4, 0.5) is 0 Å². The van der Waals surface area contributed by atoms with E-state index in [1.165, 1.54) is 12.8 Å². The number of halogens is 2. The summed E-state index contributed by atoms with van der Waals surface area (Å²) in [6, 6.07) is 0. The third-order valence-electron chi connectivity index (χ3n) is 4.01. The second-order valence-electron chi connectivity index (χ2n) is 5.40. The third kappa shape index (κ3) is 3.47. The number of hydrogen-bond donors (Lipinski definition) is 0. The fraction of sp³-hybridized carbons (Fsp3) is 0.400. The Kier molecular flexibility index (Phi) is 8.48. The van der Waals surface area contributed by atoms with E-state index in [1.54, 1.807) is 3.81 Å². The van der Waals surface area contributed by atoms with Gasteiger partial charge in [-0.05, 0) is 0 Å². The van der Waals surface area contributed by atoms with E-state index in [2.05, 4.69) is 61.8 Å². The zero-order valence-electron chi connectivity index (χ0n) is 12.2. The SMILES string of the molecule is C[C](C)=[Ti]([C]1=CC=CC1)([C]1=CC=CC1)=[Ge]([CH3])[CH3].Cl.Cl. The number of hydrogen-bond acceptors (Lipinski definition) is 0. The molecule has 19 heavy (non-hydrogen) atoms. The average molecular weight is 396 g/mol. The molecule has 4 heteroatoms. The Morgan fingerprint density at radius 2 is 1.37 bits per heavy atom. The molecule has 0 aliphatic heterocycles. The van der Waals surface area contributed by atoms with Gasteiger partial charge in [-0.15, -0.1) is 24.8 Å². The molecular weight excluding hydrogens is 372 g/mol. The molecule has 0 aromatic carbocycles. The van der Waals surface area contributed by atoms with Gasteiger partial charge in [0.05, 0.1) is 0 Å². The van der Waals surface area contributed by atoms with Gasteiger partial charge >= 0.3 is 110 Å². The molecule has 0 heterocycles. The molecule has 0 aromatic heterocycles. The number of rotatable bonds is 2. The molecule has 0 atom stereocenters. The molecule has 0 bridgehead atoms. The molecule has 2 aliphatic rings. The van der Waals surface area contributed by atoms with E-state index in [9.17, 15) is 0 Å². The van der Waals surface area contributed by atoms with Crippen LogP contribution in [-0.4, -0.2) is 14.8 Å². The minimum absolute atomic E-state index is 0. The van der Waals surface area contributed by atoms with Crippen LogP contribution in [-0.2, 0) is 13.3 Å². The van der Waals surface area contributed by atoms with Crippen molar-refractivity contribution in [1.29, 1.82) is 0 Å². The molecule has 0 saturated carbocycles. The minimum atomic E-state index is -2.01. The first-order chi connectivity index (χ1) is 8.10. The van der Waals surface area contributed by atoms with Crippen molar-refractivity contribution in [3.05, 3.63) is 44.2 Å². The van der Waals surface area contributed by atoms with Crippen LogP contribution in [0.25, 0.3) is 0 Å². The first-order valence-electron chi connectivity index (χ1n) is 6.43. The molecule has 0 fully saturated rings. The predicted molar refractivity (Wildman–Crippen MR) is 92.0 cm³/mol. The maximum Gasteiger partial charge on any atom is -0.147 e. The topological polar surface area (TPSA) is 0 Å². The predicted octanol–water partition coefficient (Wildman–Crippen LogP) is 5.13. The molecule has 0 radical (unpaired) electrons. The largest absolute Gasteiger partial charge is 0.147 e. The standard InChI is InChI=1S/2C5H5.C3H6.C2H6Ge.2ClH.Ti/c2*1-2-4-5-3-1;2*1-3-2;;;/h2*1-3H,4H2;2*1-2H3;2*1H;. The Labute approximate surface area is 134 Å². The minimum Gasteiger partial charge on any atom is -0.147 e. The summed E-state index contributed by atoms with van der Waals surface area (Å²) in [5.74, 6) is 5.20. The van der Waals surface area contributed by atoms with Gasteiger partial charge in [-0.3, -0.25) is 0 Å². The van der Waals surface area contributed by atoms with Crippen LogP contribution >= 0.6 is 24.8 Å². The summed E-state index contributed by atoms with van der Waals surface area (Å²) < 4.78 is 5.45. The molecule has 0 unspecified atom stereocenters. The Hall–Kier alpha value is 0.667. The monoisotopic (exact) mass is 396 g/mol. The van der Waals surface area contributed by atoms with Crippen molar-refractivity contribution in [3.8, 4) is 0 Å². The van der Waals surface area contributed by atoms with Crippen molar-refractivity contribution >= 4 is 39.6 Å². The quantitative estimate of drug-likeness (QED) is 0.568. The van der Waals surface area contributed by atoms with Crippen LogP contribution < -0.4 is 0 Å². The van der Waals surface area contributed by atoms with Crippen LogP contribution in [0.3, 0.4) is 0 Å². The third-order valence-corrected chi connectivity index (χ3v) is 35.7. The average Bonchev–Trinajstić information content (AvgIpc) is 2.88. The number of allylic oxidation sites excluding steroid dienone is 8. The first kappa shape index (κ1) is 19.7. The molecule has 0 aromatic rings. The summed E-state index contributed by atoms with van der Waals surface area (Å²) in [7, 11) is -0.943. The molecule has 106 valence electrons. The van der Waals surface area contributed by atoms with Crippen molar-refractivity contribution in [2.75, 3.05) is 0 Å². The van der Waals surface area contributed by atoms with E-state index in [-0.39, 0.29) is 24.8 Å². The van der Waals surface area contributed by atoms with Crippen molar-refractivity contribution in [3.63, 3.8) is 0 Å². The first-order valence-corrected chi connectivity index (χ1v) is 18.1. The molecule has 0 saturated heterocycles. The molecule has 2 aliphatic carbocycles. The van der Waals surface area contributed by atoms with Crippen LogP contribution in [0.1, 0.15) is 26.7 Å². The van der Waals surface area contributed by atoms with Crippen LogP contribution in [0.15, 0.2) is 44.2 Å². The molecular formula is C15H24Cl2GeTi. The zero-order valence-corrected chi connectivity index (χ0v) is 17.5. The van der Waals surface area contributed by atoms with Gasteiger partial charge in [0, 0.05) is 0 Å². The van der Waals surface area contributed by atoms with Gasteiger partial charge in [-0.2, -0.15) is 0 Å². The Bertz CT molecular complexity index is 519.